The summed E-state index contributed by atoms with van der Waals surface area (Å²) in [6, 6.07) is 7.28. The predicted octanol–water partition coefficient (Wildman–Crippen LogP) is 2.65. The molecular weight excluding hydrogens is 284 g/mol. The Bertz CT molecular complexity index is 553. The molecule has 0 saturated heterocycles. The van der Waals surface area contributed by atoms with Crippen molar-refractivity contribution in [3.05, 3.63) is 29.8 Å². The lowest BCUT2D eigenvalue weighted by atomic mass is 10.1. The van der Waals surface area contributed by atoms with Crippen molar-refractivity contribution in [1.29, 1.82) is 0 Å². The Morgan fingerprint density at radius 3 is 2.57 bits per heavy atom. The lowest BCUT2D eigenvalue weighted by Gasteiger charge is -2.18. The molecule has 1 unspecified atom stereocenters. The normalized spacial score (nSPS) is 16.9. The molecule has 0 aliphatic heterocycles. The number of benzene rings is 1. The van der Waals surface area contributed by atoms with Crippen molar-refractivity contribution in [1.82, 2.24) is 10.0 Å². The summed E-state index contributed by atoms with van der Waals surface area (Å²) < 4.78 is 28.2. The highest BCUT2D eigenvalue weighted by Gasteiger charge is 2.28. The Morgan fingerprint density at radius 2 is 1.95 bits per heavy atom. The van der Waals surface area contributed by atoms with Crippen LogP contribution in [0.4, 0.5) is 0 Å². The minimum absolute atomic E-state index is 0.0506. The molecule has 1 saturated carbocycles. The van der Waals surface area contributed by atoms with Gasteiger partial charge in [-0.05, 0) is 36.9 Å². The predicted molar refractivity (Wildman–Crippen MR) is 85.6 cm³/mol. The lowest BCUT2D eigenvalue weighted by molar-refractivity contribution is 0.494. The molecule has 0 aromatic heterocycles. The fourth-order valence-electron chi connectivity index (χ4n) is 2.51. The first kappa shape index (κ1) is 16.5. The molecule has 5 heteroatoms. The van der Waals surface area contributed by atoms with E-state index in [2.05, 4.69) is 10.0 Å². The molecule has 2 rings (SSSR count). The van der Waals surface area contributed by atoms with Crippen molar-refractivity contribution in [2.75, 3.05) is 6.54 Å². The largest absolute Gasteiger partial charge is 0.313 e. The Balaban J connectivity index is 2.13. The minimum Gasteiger partial charge on any atom is -0.313 e. The van der Waals surface area contributed by atoms with E-state index < -0.39 is 10.0 Å². The molecule has 1 aromatic rings. The molecule has 1 atom stereocenters. The van der Waals surface area contributed by atoms with Crippen LogP contribution in [0.5, 0.6) is 0 Å². The Morgan fingerprint density at radius 1 is 1.24 bits per heavy atom. The molecule has 21 heavy (non-hydrogen) atoms. The first-order chi connectivity index (χ1) is 10.1. The van der Waals surface area contributed by atoms with Gasteiger partial charge in [0.15, 0.2) is 0 Å². The Labute approximate surface area is 128 Å². The SMILES string of the molecule is CCNCc1ccccc1S(=O)(=O)NC(CC)CC1CC1. The Kier molecular flexibility index (Phi) is 5.79. The van der Waals surface area contributed by atoms with E-state index in [9.17, 15) is 8.42 Å². The van der Waals surface area contributed by atoms with Gasteiger partial charge in [0.05, 0.1) is 4.90 Å². The van der Waals surface area contributed by atoms with Crippen LogP contribution in [0.1, 0.15) is 45.1 Å². The van der Waals surface area contributed by atoms with Crippen LogP contribution in [0, 0.1) is 5.92 Å². The first-order valence-corrected chi connectivity index (χ1v) is 9.36. The molecule has 4 nitrogen and oxygen atoms in total. The monoisotopic (exact) mass is 310 g/mol. The van der Waals surface area contributed by atoms with Crippen LogP contribution in [0.2, 0.25) is 0 Å². The topological polar surface area (TPSA) is 58.2 Å². The summed E-state index contributed by atoms with van der Waals surface area (Å²) in [4.78, 5) is 0.403. The van der Waals surface area contributed by atoms with E-state index in [0.29, 0.717) is 11.4 Å². The van der Waals surface area contributed by atoms with Crippen LogP contribution >= 0.6 is 0 Å². The average molecular weight is 310 g/mol. The zero-order chi connectivity index (χ0) is 15.3. The number of rotatable bonds is 9. The van der Waals surface area contributed by atoms with Gasteiger partial charge in [0.25, 0.3) is 0 Å². The summed E-state index contributed by atoms with van der Waals surface area (Å²) in [7, 11) is -3.44. The summed E-state index contributed by atoms with van der Waals surface area (Å²) in [6.07, 6.45) is 4.29. The molecule has 0 amide bonds. The molecule has 118 valence electrons. The summed E-state index contributed by atoms with van der Waals surface area (Å²) in [6.45, 7) is 5.45. The number of nitrogens with one attached hydrogen (secondary N) is 2. The second-order valence-electron chi connectivity index (χ2n) is 5.79. The third-order valence-electron chi connectivity index (χ3n) is 3.96. The quantitative estimate of drug-likeness (QED) is 0.737. The summed E-state index contributed by atoms with van der Waals surface area (Å²) in [5.74, 6) is 0.717. The van der Waals surface area contributed by atoms with E-state index in [4.69, 9.17) is 0 Å². The molecule has 0 spiro atoms. The third kappa shape index (κ3) is 4.80. The molecule has 0 radical (unpaired) electrons. The van der Waals surface area contributed by atoms with E-state index in [1.165, 1.54) is 12.8 Å². The van der Waals surface area contributed by atoms with Crippen LogP contribution in [-0.4, -0.2) is 21.0 Å². The van der Waals surface area contributed by atoms with Crippen molar-refractivity contribution >= 4 is 10.0 Å². The second kappa shape index (κ2) is 7.38. The van der Waals surface area contributed by atoms with Gasteiger partial charge in [-0.25, -0.2) is 13.1 Å². The average Bonchev–Trinajstić information content (AvgIpc) is 3.28. The van der Waals surface area contributed by atoms with Gasteiger partial charge in [-0.3, -0.25) is 0 Å². The lowest BCUT2D eigenvalue weighted by Crippen LogP contribution is -2.35. The fraction of sp³-hybridized carbons (Fsp3) is 0.625. The fourth-order valence-corrected chi connectivity index (χ4v) is 4.08. The number of hydrogen-bond donors (Lipinski definition) is 2. The smallest absolute Gasteiger partial charge is 0.241 e. The van der Waals surface area contributed by atoms with Crippen molar-refractivity contribution in [3.8, 4) is 0 Å². The van der Waals surface area contributed by atoms with Crippen molar-refractivity contribution in [2.45, 2.75) is 57.0 Å². The minimum atomic E-state index is -3.44. The van der Waals surface area contributed by atoms with Crippen LogP contribution in [0.3, 0.4) is 0 Å². The Hall–Kier alpha value is -0.910. The van der Waals surface area contributed by atoms with E-state index in [0.717, 1.165) is 30.9 Å². The maximum atomic E-state index is 12.6. The third-order valence-corrected chi connectivity index (χ3v) is 5.58. The highest BCUT2D eigenvalue weighted by molar-refractivity contribution is 7.89. The van der Waals surface area contributed by atoms with Gasteiger partial charge in [-0.15, -0.1) is 0 Å². The van der Waals surface area contributed by atoms with Crippen LogP contribution in [0.15, 0.2) is 29.2 Å². The molecule has 0 heterocycles. The van der Waals surface area contributed by atoms with Crippen molar-refractivity contribution in [2.24, 2.45) is 5.92 Å². The van der Waals surface area contributed by atoms with Crippen molar-refractivity contribution < 1.29 is 8.42 Å². The molecule has 1 aliphatic rings. The van der Waals surface area contributed by atoms with E-state index in [-0.39, 0.29) is 6.04 Å². The van der Waals surface area contributed by atoms with Gasteiger partial charge in [0.1, 0.15) is 0 Å². The van der Waals surface area contributed by atoms with Gasteiger partial charge in [0, 0.05) is 12.6 Å². The number of sulfonamides is 1. The maximum absolute atomic E-state index is 12.6. The van der Waals surface area contributed by atoms with Gasteiger partial charge in [-0.1, -0.05) is 44.9 Å². The van der Waals surface area contributed by atoms with Crippen LogP contribution in [-0.2, 0) is 16.6 Å². The molecule has 2 N–H and O–H groups in total. The van der Waals surface area contributed by atoms with E-state index >= 15 is 0 Å². The highest BCUT2D eigenvalue weighted by Crippen LogP contribution is 2.34. The molecule has 1 aromatic carbocycles. The van der Waals surface area contributed by atoms with Gasteiger partial charge >= 0.3 is 0 Å². The molecular formula is C16H26N2O2S. The molecule has 1 aliphatic carbocycles. The van der Waals surface area contributed by atoms with Crippen LogP contribution in [0.25, 0.3) is 0 Å². The van der Waals surface area contributed by atoms with E-state index in [1.54, 1.807) is 12.1 Å². The zero-order valence-corrected chi connectivity index (χ0v) is 13.7. The van der Waals surface area contributed by atoms with Gasteiger partial charge < -0.3 is 5.32 Å². The summed E-state index contributed by atoms with van der Waals surface area (Å²) >= 11 is 0. The highest BCUT2D eigenvalue weighted by atomic mass is 32.2. The zero-order valence-electron chi connectivity index (χ0n) is 12.9. The standard InChI is InChI=1S/C16H26N2O2S/c1-3-15(11-13-9-10-13)18-21(19,20)16-8-6-5-7-14(16)12-17-4-2/h5-8,13,15,17-18H,3-4,9-12H2,1-2H3. The van der Waals surface area contributed by atoms with E-state index in [1.807, 2.05) is 26.0 Å². The molecule has 1 fully saturated rings. The summed E-state index contributed by atoms with van der Waals surface area (Å²) in [5.41, 5.74) is 0.827. The second-order valence-corrected chi connectivity index (χ2v) is 7.48. The molecule has 0 bridgehead atoms. The summed E-state index contributed by atoms with van der Waals surface area (Å²) in [5, 5.41) is 3.19. The maximum Gasteiger partial charge on any atom is 0.241 e. The van der Waals surface area contributed by atoms with Crippen LogP contribution < -0.4 is 10.0 Å². The first-order valence-electron chi connectivity index (χ1n) is 7.87. The number of hydrogen-bond acceptors (Lipinski definition) is 3. The van der Waals surface area contributed by atoms with Crippen molar-refractivity contribution in [3.63, 3.8) is 0 Å². The van der Waals surface area contributed by atoms with Gasteiger partial charge in [0.2, 0.25) is 10.0 Å². The van der Waals surface area contributed by atoms with Gasteiger partial charge in [-0.2, -0.15) is 0 Å².